The third-order valence-electron chi connectivity index (χ3n) is 3.85. The predicted molar refractivity (Wildman–Crippen MR) is 121 cm³/mol. The fourth-order valence-electron chi connectivity index (χ4n) is 2.41. The SMILES string of the molecule is Cc1cc(C(=N)Cc2cc(Cl)cc(Cl)c2)ccc1SCC(=O)NCC(F)(F)F.OCC(F)(F)F. The molecule has 0 saturated heterocycles. The van der Waals surface area contributed by atoms with Crippen molar-refractivity contribution in [1.29, 1.82) is 5.41 Å². The van der Waals surface area contributed by atoms with Gasteiger partial charge in [0.15, 0.2) is 0 Å². The van der Waals surface area contributed by atoms with E-state index in [1.807, 2.05) is 18.3 Å². The molecule has 4 nitrogen and oxygen atoms in total. The predicted octanol–water partition coefficient (Wildman–Crippen LogP) is 6.22. The molecule has 1 amide bonds. The smallest absolute Gasteiger partial charge is 0.387 e. The highest BCUT2D eigenvalue weighted by molar-refractivity contribution is 8.00. The van der Waals surface area contributed by atoms with Crippen LogP contribution < -0.4 is 5.32 Å². The van der Waals surface area contributed by atoms with Crippen LogP contribution in [0.3, 0.4) is 0 Å². The highest BCUT2D eigenvalue weighted by Gasteiger charge is 2.27. The van der Waals surface area contributed by atoms with E-state index < -0.39 is 31.4 Å². The molecule has 0 bridgehead atoms. The number of amides is 1. The van der Waals surface area contributed by atoms with Gasteiger partial charge in [-0.1, -0.05) is 29.3 Å². The molecule has 3 N–H and O–H groups in total. The molecule has 0 fully saturated rings. The number of nitrogens with one attached hydrogen (secondary N) is 2. The minimum absolute atomic E-state index is 0.116. The zero-order valence-corrected chi connectivity index (χ0v) is 19.9. The second-order valence-electron chi connectivity index (χ2n) is 6.87. The molecule has 0 heterocycles. The highest BCUT2D eigenvalue weighted by atomic mass is 35.5. The number of carbonyl (C=O) groups is 1. The third-order valence-corrected chi connectivity index (χ3v) is 5.46. The maximum atomic E-state index is 12.1. The lowest BCUT2D eigenvalue weighted by molar-refractivity contribution is -0.159. The van der Waals surface area contributed by atoms with Crippen molar-refractivity contribution in [3.8, 4) is 0 Å². The number of aliphatic hydroxyl groups is 1. The Balaban J connectivity index is 0.000000852. The molecule has 0 saturated carbocycles. The summed E-state index contributed by atoms with van der Waals surface area (Å²) in [6, 6.07) is 10.4. The zero-order chi connectivity index (χ0) is 26.1. The third kappa shape index (κ3) is 12.5. The van der Waals surface area contributed by atoms with Gasteiger partial charge < -0.3 is 15.8 Å². The summed E-state index contributed by atoms with van der Waals surface area (Å²) in [6.45, 7) is -1.25. The first-order valence-electron chi connectivity index (χ1n) is 9.37. The molecule has 0 aromatic heterocycles. The summed E-state index contributed by atoms with van der Waals surface area (Å²) in [5, 5.41) is 18.4. The molecular weight excluding hydrogens is 529 g/mol. The van der Waals surface area contributed by atoms with Crippen molar-refractivity contribution in [3.05, 3.63) is 63.1 Å². The molecule has 188 valence electrons. The van der Waals surface area contributed by atoms with E-state index in [1.165, 1.54) is 0 Å². The molecule has 0 aliphatic heterocycles. The number of alkyl halides is 6. The molecular formula is C21H20Cl2F6N2O2S. The van der Waals surface area contributed by atoms with Crippen molar-refractivity contribution in [2.75, 3.05) is 18.9 Å². The Labute approximate surface area is 206 Å². The summed E-state index contributed by atoms with van der Waals surface area (Å²) in [5.41, 5.74) is 2.74. The topological polar surface area (TPSA) is 73.2 Å². The number of halogens is 8. The Morgan fingerprint density at radius 2 is 1.59 bits per heavy atom. The molecule has 2 aromatic rings. The van der Waals surface area contributed by atoms with E-state index in [1.54, 1.807) is 30.3 Å². The van der Waals surface area contributed by atoms with Crippen LogP contribution >= 0.6 is 35.0 Å². The van der Waals surface area contributed by atoms with Crippen LogP contribution in [0.2, 0.25) is 10.0 Å². The lowest BCUT2D eigenvalue weighted by Gasteiger charge is -2.11. The van der Waals surface area contributed by atoms with Gasteiger partial charge in [-0.2, -0.15) is 26.3 Å². The van der Waals surface area contributed by atoms with Crippen LogP contribution in [0.15, 0.2) is 41.3 Å². The lowest BCUT2D eigenvalue weighted by Crippen LogP contribution is -2.34. The summed E-state index contributed by atoms with van der Waals surface area (Å²) in [4.78, 5) is 12.3. The van der Waals surface area contributed by atoms with Crippen molar-refractivity contribution in [2.24, 2.45) is 0 Å². The number of thioether (sulfide) groups is 1. The van der Waals surface area contributed by atoms with E-state index in [4.69, 9.17) is 33.7 Å². The number of benzene rings is 2. The number of aryl methyl sites for hydroxylation is 1. The van der Waals surface area contributed by atoms with E-state index in [9.17, 15) is 31.1 Å². The van der Waals surface area contributed by atoms with Crippen LogP contribution in [0.1, 0.15) is 16.7 Å². The van der Waals surface area contributed by atoms with Gasteiger partial charge in [0.05, 0.1) is 5.75 Å². The fourth-order valence-corrected chi connectivity index (χ4v) is 3.82. The summed E-state index contributed by atoms with van der Waals surface area (Å²) in [6.07, 6.45) is -8.47. The summed E-state index contributed by atoms with van der Waals surface area (Å²) in [5.74, 6) is -0.800. The van der Waals surface area contributed by atoms with Crippen molar-refractivity contribution in [1.82, 2.24) is 5.32 Å². The average molecular weight is 549 g/mol. The lowest BCUT2D eigenvalue weighted by atomic mass is 10.0. The maximum Gasteiger partial charge on any atom is 0.411 e. The first-order chi connectivity index (χ1) is 15.6. The van der Waals surface area contributed by atoms with Crippen molar-refractivity contribution < 1.29 is 36.2 Å². The quantitative estimate of drug-likeness (QED) is 0.218. The molecule has 13 heteroatoms. The Morgan fingerprint density at radius 1 is 1.03 bits per heavy atom. The molecule has 2 rings (SSSR count). The standard InChI is InChI=1S/C19H17Cl2F3N2OS.C2H3F3O/c1-11-4-13(16(25)7-12-5-14(20)8-15(21)6-12)2-3-17(11)28-9-18(27)26-10-19(22,23)24;3-2(4,5)1-6/h2-6,8,25H,7,9-10H2,1H3,(H,26,27);6H,1H2. The van der Waals surface area contributed by atoms with Crippen molar-refractivity contribution in [3.63, 3.8) is 0 Å². The van der Waals surface area contributed by atoms with Crippen molar-refractivity contribution >= 4 is 46.6 Å². The van der Waals surface area contributed by atoms with E-state index >= 15 is 0 Å². The zero-order valence-electron chi connectivity index (χ0n) is 17.6. The van der Waals surface area contributed by atoms with Gasteiger partial charge in [0.1, 0.15) is 13.2 Å². The number of rotatable bonds is 7. The number of carbonyl (C=O) groups excluding carboxylic acids is 1. The largest absolute Gasteiger partial charge is 0.411 e. The number of hydrogen-bond donors (Lipinski definition) is 3. The maximum absolute atomic E-state index is 12.1. The molecule has 0 spiro atoms. The molecule has 0 aliphatic rings. The Kier molecular flexibility index (Phi) is 11.7. The van der Waals surface area contributed by atoms with Gasteiger partial charge in [0.2, 0.25) is 5.91 Å². The van der Waals surface area contributed by atoms with Gasteiger partial charge in [-0.25, -0.2) is 0 Å². The van der Waals surface area contributed by atoms with Gasteiger partial charge in [0, 0.05) is 27.1 Å². The van der Waals surface area contributed by atoms with Gasteiger partial charge in [0.25, 0.3) is 0 Å². The molecule has 0 aliphatic carbocycles. The first-order valence-corrected chi connectivity index (χ1v) is 11.1. The van der Waals surface area contributed by atoms with E-state index in [-0.39, 0.29) is 5.75 Å². The van der Waals surface area contributed by atoms with Gasteiger partial charge in [-0.3, -0.25) is 4.79 Å². The Bertz CT molecular complexity index is 980. The van der Waals surface area contributed by atoms with Crippen LogP contribution in [0.5, 0.6) is 0 Å². The molecule has 0 atom stereocenters. The fraction of sp³-hybridized carbons (Fsp3) is 0.333. The van der Waals surface area contributed by atoms with Crippen LogP contribution in [-0.4, -0.2) is 48.0 Å². The minimum Gasteiger partial charge on any atom is -0.387 e. The average Bonchev–Trinajstić information content (AvgIpc) is 2.70. The minimum atomic E-state index is -4.43. The molecule has 2 aromatic carbocycles. The van der Waals surface area contributed by atoms with Crippen LogP contribution in [0.4, 0.5) is 26.3 Å². The van der Waals surface area contributed by atoms with Gasteiger partial charge >= 0.3 is 12.4 Å². The van der Waals surface area contributed by atoms with E-state index in [2.05, 4.69) is 0 Å². The van der Waals surface area contributed by atoms with Gasteiger partial charge in [-0.05, 0) is 53.9 Å². The van der Waals surface area contributed by atoms with Gasteiger partial charge in [-0.15, -0.1) is 11.8 Å². The summed E-state index contributed by atoms with van der Waals surface area (Å²) in [7, 11) is 0. The summed E-state index contributed by atoms with van der Waals surface area (Å²) >= 11 is 13.1. The highest BCUT2D eigenvalue weighted by Crippen LogP contribution is 2.25. The number of aliphatic hydroxyl groups excluding tert-OH is 1. The Morgan fingerprint density at radius 3 is 2.06 bits per heavy atom. The first kappa shape index (κ1) is 30.1. The number of hydrogen-bond acceptors (Lipinski definition) is 4. The second kappa shape index (κ2) is 13.2. The Hall–Kier alpha value is -1.95. The normalized spacial score (nSPS) is 11.5. The van der Waals surface area contributed by atoms with E-state index in [0.29, 0.717) is 27.7 Å². The monoisotopic (exact) mass is 548 g/mol. The molecule has 34 heavy (non-hydrogen) atoms. The summed E-state index contributed by atoms with van der Waals surface area (Å²) < 4.78 is 67.9. The second-order valence-corrected chi connectivity index (χ2v) is 8.76. The van der Waals surface area contributed by atoms with Crippen LogP contribution in [0, 0.1) is 12.3 Å². The van der Waals surface area contributed by atoms with Crippen LogP contribution in [0.25, 0.3) is 0 Å². The van der Waals surface area contributed by atoms with Crippen LogP contribution in [-0.2, 0) is 11.2 Å². The molecule has 0 radical (unpaired) electrons. The van der Waals surface area contributed by atoms with Crippen molar-refractivity contribution in [2.45, 2.75) is 30.6 Å². The van der Waals surface area contributed by atoms with E-state index in [0.717, 1.165) is 27.8 Å². The molecule has 0 unspecified atom stereocenters.